The summed E-state index contributed by atoms with van der Waals surface area (Å²) in [6.07, 6.45) is 8.27. The molecule has 0 unspecified atom stereocenters. The fourth-order valence-corrected chi connectivity index (χ4v) is 3.82. The van der Waals surface area contributed by atoms with Crippen LogP contribution in [-0.2, 0) is 11.8 Å². The molecule has 1 saturated carbocycles. The van der Waals surface area contributed by atoms with Crippen LogP contribution < -0.4 is 5.32 Å². The number of amides is 1. The molecule has 0 spiro atoms. The zero-order valence-corrected chi connectivity index (χ0v) is 14.9. The molecule has 1 aliphatic carbocycles. The minimum atomic E-state index is 0.0738. The smallest absolute Gasteiger partial charge is 0.230 e. The first-order valence-electron chi connectivity index (χ1n) is 8.37. The summed E-state index contributed by atoms with van der Waals surface area (Å²) in [5, 5.41) is 12.3. The second-order valence-corrected chi connectivity index (χ2v) is 7.27. The van der Waals surface area contributed by atoms with E-state index in [-0.39, 0.29) is 5.91 Å². The Kier molecular flexibility index (Phi) is 5.50. The van der Waals surface area contributed by atoms with Crippen LogP contribution in [0.1, 0.15) is 32.6 Å². The molecule has 0 aromatic carbocycles. The highest BCUT2D eigenvalue weighted by atomic mass is 32.2. The SMILES string of the molecule is C[C@H]1CCCC[C@@H]1NC(=O)CSc1nnc(-c2cccnc2)n1C. The largest absolute Gasteiger partial charge is 0.352 e. The van der Waals surface area contributed by atoms with Gasteiger partial charge in [0.15, 0.2) is 11.0 Å². The Morgan fingerprint density at radius 2 is 2.21 bits per heavy atom. The van der Waals surface area contributed by atoms with Crippen molar-refractivity contribution in [1.29, 1.82) is 0 Å². The second kappa shape index (κ2) is 7.79. The second-order valence-electron chi connectivity index (χ2n) is 6.33. The molecule has 7 heteroatoms. The molecule has 1 fully saturated rings. The number of carbonyl (C=O) groups excluding carboxylic acids is 1. The summed E-state index contributed by atoms with van der Waals surface area (Å²) in [6.45, 7) is 2.22. The van der Waals surface area contributed by atoms with Crippen LogP contribution in [0.15, 0.2) is 29.7 Å². The Bertz CT molecular complexity index is 688. The zero-order chi connectivity index (χ0) is 16.9. The highest BCUT2D eigenvalue weighted by Crippen LogP contribution is 2.25. The van der Waals surface area contributed by atoms with E-state index in [1.54, 1.807) is 12.4 Å². The van der Waals surface area contributed by atoms with Crippen LogP contribution in [-0.4, -0.2) is 37.5 Å². The summed E-state index contributed by atoms with van der Waals surface area (Å²) in [5.74, 6) is 1.76. The zero-order valence-electron chi connectivity index (χ0n) is 14.1. The molecular weight excluding hydrogens is 322 g/mol. The van der Waals surface area contributed by atoms with Gasteiger partial charge in [-0.15, -0.1) is 10.2 Å². The lowest BCUT2D eigenvalue weighted by molar-refractivity contribution is -0.119. The molecule has 1 amide bonds. The number of pyridine rings is 1. The monoisotopic (exact) mass is 345 g/mol. The van der Waals surface area contributed by atoms with Crippen molar-refractivity contribution in [2.45, 2.75) is 43.8 Å². The van der Waals surface area contributed by atoms with Gasteiger partial charge in [0.1, 0.15) is 0 Å². The number of thioether (sulfide) groups is 1. The number of rotatable bonds is 5. The van der Waals surface area contributed by atoms with Crippen molar-refractivity contribution in [3.63, 3.8) is 0 Å². The summed E-state index contributed by atoms with van der Waals surface area (Å²) in [6, 6.07) is 4.13. The van der Waals surface area contributed by atoms with E-state index in [0.717, 1.165) is 23.0 Å². The van der Waals surface area contributed by atoms with Crippen LogP contribution in [0.4, 0.5) is 0 Å². The van der Waals surface area contributed by atoms with E-state index in [1.807, 2.05) is 23.7 Å². The third-order valence-electron chi connectivity index (χ3n) is 4.54. The van der Waals surface area contributed by atoms with E-state index >= 15 is 0 Å². The molecule has 128 valence electrons. The summed E-state index contributed by atoms with van der Waals surface area (Å²) in [4.78, 5) is 16.3. The topological polar surface area (TPSA) is 72.7 Å². The van der Waals surface area contributed by atoms with Crippen molar-refractivity contribution in [3.8, 4) is 11.4 Å². The normalized spacial score (nSPS) is 20.8. The van der Waals surface area contributed by atoms with E-state index in [9.17, 15) is 4.79 Å². The van der Waals surface area contributed by atoms with Gasteiger partial charge >= 0.3 is 0 Å². The number of carbonyl (C=O) groups is 1. The molecule has 0 bridgehead atoms. The van der Waals surface area contributed by atoms with Gasteiger partial charge in [0.2, 0.25) is 5.91 Å². The molecule has 0 radical (unpaired) electrons. The predicted octanol–water partition coefficient (Wildman–Crippen LogP) is 2.66. The first-order valence-corrected chi connectivity index (χ1v) is 9.35. The molecule has 6 nitrogen and oxygen atoms in total. The van der Waals surface area contributed by atoms with Crippen LogP contribution in [0.2, 0.25) is 0 Å². The lowest BCUT2D eigenvalue weighted by Gasteiger charge is -2.29. The fraction of sp³-hybridized carbons (Fsp3) is 0.529. The Morgan fingerprint density at radius 3 is 2.96 bits per heavy atom. The van der Waals surface area contributed by atoms with Gasteiger partial charge in [0, 0.05) is 31.0 Å². The molecular formula is C17H23N5OS. The maximum absolute atomic E-state index is 12.2. The quantitative estimate of drug-likeness (QED) is 0.844. The van der Waals surface area contributed by atoms with E-state index in [2.05, 4.69) is 27.4 Å². The summed E-state index contributed by atoms with van der Waals surface area (Å²) >= 11 is 1.42. The van der Waals surface area contributed by atoms with Gasteiger partial charge in [-0.05, 0) is 30.9 Å². The number of nitrogens with zero attached hydrogens (tertiary/aromatic N) is 4. The van der Waals surface area contributed by atoms with Gasteiger partial charge in [-0.2, -0.15) is 0 Å². The fourth-order valence-electron chi connectivity index (χ4n) is 3.10. The molecule has 1 aliphatic rings. The molecule has 0 aliphatic heterocycles. The van der Waals surface area contributed by atoms with E-state index in [0.29, 0.717) is 17.7 Å². The van der Waals surface area contributed by atoms with Crippen molar-refractivity contribution in [1.82, 2.24) is 25.1 Å². The van der Waals surface area contributed by atoms with Crippen LogP contribution in [0.5, 0.6) is 0 Å². The third-order valence-corrected chi connectivity index (χ3v) is 5.57. The first-order chi connectivity index (χ1) is 11.6. The van der Waals surface area contributed by atoms with Gasteiger partial charge in [0.05, 0.1) is 5.75 Å². The van der Waals surface area contributed by atoms with Crippen LogP contribution in [0.25, 0.3) is 11.4 Å². The number of nitrogens with one attached hydrogen (secondary N) is 1. The molecule has 2 atom stereocenters. The maximum atomic E-state index is 12.2. The van der Waals surface area contributed by atoms with Crippen molar-refractivity contribution >= 4 is 17.7 Å². The Hall–Kier alpha value is -1.89. The van der Waals surface area contributed by atoms with Gasteiger partial charge in [0.25, 0.3) is 0 Å². The molecule has 2 heterocycles. The minimum absolute atomic E-state index is 0.0738. The summed E-state index contributed by atoms with van der Waals surface area (Å²) in [7, 11) is 1.91. The standard InChI is InChI=1S/C17H23N5OS/c1-12-6-3-4-8-14(12)19-15(23)11-24-17-21-20-16(22(17)2)13-7-5-9-18-10-13/h5,7,9-10,12,14H,3-4,6,8,11H2,1-2H3,(H,19,23)/t12-,14-/m0/s1. The van der Waals surface area contributed by atoms with Crippen molar-refractivity contribution in [3.05, 3.63) is 24.5 Å². The van der Waals surface area contributed by atoms with Gasteiger partial charge in [-0.1, -0.05) is 31.5 Å². The Balaban J connectivity index is 1.57. The highest BCUT2D eigenvalue weighted by Gasteiger charge is 2.23. The lowest BCUT2D eigenvalue weighted by atomic mass is 9.86. The minimum Gasteiger partial charge on any atom is -0.352 e. The Morgan fingerprint density at radius 1 is 1.38 bits per heavy atom. The van der Waals surface area contributed by atoms with Crippen LogP contribution >= 0.6 is 11.8 Å². The lowest BCUT2D eigenvalue weighted by Crippen LogP contribution is -2.41. The average Bonchev–Trinajstić information content (AvgIpc) is 2.97. The highest BCUT2D eigenvalue weighted by molar-refractivity contribution is 7.99. The molecule has 0 saturated heterocycles. The van der Waals surface area contributed by atoms with Crippen LogP contribution in [0.3, 0.4) is 0 Å². The van der Waals surface area contributed by atoms with Gasteiger partial charge in [-0.25, -0.2) is 0 Å². The van der Waals surface area contributed by atoms with E-state index < -0.39 is 0 Å². The van der Waals surface area contributed by atoms with Crippen molar-refractivity contribution < 1.29 is 4.79 Å². The molecule has 24 heavy (non-hydrogen) atoms. The van der Waals surface area contributed by atoms with Gasteiger partial charge in [-0.3, -0.25) is 9.78 Å². The third kappa shape index (κ3) is 3.95. The molecule has 2 aromatic rings. The number of hydrogen-bond acceptors (Lipinski definition) is 5. The average molecular weight is 345 g/mol. The van der Waals surface area contributed by atoms with Gasteiger partial charge < -0.3 is 9.88 Å². The molecule has 2 aromatic heterocycles. The van der Waals surface area contributed by atoms with E-state index in [1.165, 1.54) is 31.0 Å². The molecule has 1 N–H and O–H groups in total. The van der Waals surface area contributed by atoms with E-state index in [4.69, 9.17) is 0 Å². The van der Waals surface area contributed by atoms with Crippen molar-refractivity contribution in [2.24, 2.45) is 13.0 Å². The van der Waals surface area contributed by atoms with Crippen molar-refractivity contribution in [2.75, 3.05) is 5.75 Å². The maximum Gasteiger partial charge on any atom is 0.230 e. The summed E-state index contributed by atoms with van der Waals surface area (Å²) < 4.78 is 1.90. The molecule has 3 rings (SSSR count). The first kappa shape index (κ1) is 17.0. The predicted molar refractivity (Wildman–Crippen MR) is 94.5 cm³/mol. The Labute approximate surface area is 146 Å². The van der Waals surface area contributed by atoms with Crippen LogP contribution in [0, 0.1) is 5.92 Å². The number of aromatic nitrogens is 4. The summed E-state index contributed by atoms with van der Waals surface area (Å²) in [5.41, 5.74) is 0.917. The number of hydrogen-bond donors (Lipinski definition) is 1.